The van der Waals surface area contributed by atoms with E-state index < -0.39 is 17.7 Å². The molecule has 21 heavy (non-hydrogen) atoms. The lowest BCUT2D eigenvalue weighted by molar-refractivity contribution is 0.535. The summed E-state index contributed by atoms with van der Waals surface area (Å²) in [5, 5.41) is 3.85. The molecule has 1 N–H and O–H groups in total. The topological polar surface area (TPSA) is 12.0 Å². The maximum atomic E-state index is 14.1. The molecule has 2 rings (SSSR count). The van der Waals surface area contributed by atoms with Crippen molar-refractivity contribution in [1.82, 2.24) is 5.32 Å². The second-order valence-corrected chi connectivity index (χ2v) is 6.30. The van der Waals surface area contributed by atoms with Crippen LogP contribution in [0.5, 0.6) is 0 Å². The SMILES string of the molecule is CCCNC(c1ccc(I)c(Cl)c1)c1cc(F)ccc1F. The van der Waals surface area contributed by atoms with E-state index in [4.69, 9.17) is 11.6 Å². The molecule has 0 amide bonds. The van der Waals surface area contributed by atoms with Crippen LogP contribution in [0, 0.1) is 15.2 Å². The Morgan fingerprint density at radius 2 is 1.95 bits per heavy atom. The molecule has 1 unspecified atom stereocenters. The van der Waals surface area contributed by atoms with E-state index in [1.54, 1.807) is 6.07 Å². The fourth-order valence-corrected chi connectivity index (χ4v) is 2.65. The Bertz CT molecular complexity index is 634. The van der Waals surface area contributed by atoms with Crippen molar-refractivity contribution in [1.29, 1.82) is 0 Å². The zero-order chi connectivity index (χ0) is 15.4. The monoisotopic (exact) mass is 421 g/mol. The standard InChI is InChI=1S/C16H15ClF2IN/c1-2-7-21-16(10-3-6-15(20)13(17)8-10)12-9-11(18)4-5-14(12)19/h3-6,8-9,16,21H,2,7H2,1H3. The van der Waals surface area contributed by atoms with Gasteiger partial charge in [0.05, 0.1) is 11.1 Å². The van der Waals surface area contributed by atoms with Gasteiger partial charge in [-0.15, -0.1) is 0 Å². The lowest BCUT2D eigenvalue weighted by atomic mass is 9.98. The molecular weight excluding hydrogens is 407 g/mol. The van der Waals surface area contributed by atoms with E-state index in [0.29, 0.717) is 17.1 Å². The van der Waals surface area contributed by atoms with Gasteiger partial charge in [-0.05, 0) is 71.5 Å². The first-order chi connectivity index (χ1) is 10.0. The first-order valence-corrected chi connectivity index (χ1v) is 8.12. The van der Waals surface area contributed by atoms with Gasteiger partial charge in [0.2, 0.25) is 0 Å². The largest absolute Gasteiger partial charge is 0.306 e. The quantitative estimate of drug-likeness (QED) is 0.645. The minimum atomic E-state index is -0.452. The molecule has 112 valence electrons. The molecular formula is C16H15ClF2IN. The molecule has 0 aromatic heterocycles. The molecule has 0 aliphatic heterocycles. The first-order valence-electron chi connectivity index (χ1n) is 6.66. The molecule has 1 nitrogen and oxygen atoms in total. The van der Waals surface area contributed by atoms with Gasteiger partial charge in [-0.2, -0.15) is 0 Å². The highest BCUT2D eigenvalue weighted by Gasteiger charge is 2.19. The van der Waals surface area contributed by atoms with Crippen LogP contribution in [0.15, 0.2) is 36.4 Å². The molecule has 0 saturated carbocycles. The van der Waals surface area contributed by atoms with Gasteiger partial charge in [0.15, 0.2) is 0 Å². The van der Waals surface area contributed by atoms with Gasteiger partial charge in [-0.25, -0.2) is 8.78 Å². The van der Waals surface area contributed by atoms with Gasteiger partial charge in [0, 0.05) is 9.13 Å². The van der Waals surface area contributed by atoms with E-state index in [2.05, 4.69) is 27.9 Å². The number of nitrogens with one attached hydrogen (secondary N) is 1. The summed E-state index contributed by atoms with van der Waals surface area (Å²) in [5.74, 6) is -0.883. The summed E-state index contributed by atoms with van der Waals surface area (Å²) in [7, 11) is 0. The second kappa shape index (κ2) is 7.51. The predicted molar refractivity (Wildman–Crippen MR) is 90.7 cm³/mol. The Hall–Kier alpha value is -0.720. The summed E-state index contributed by atoms with van der Waals surface area (Å²) >= 11 is 8.28. The molecule has 0 radical (unpaired) electrons. The van der Waals surface area contributed by atoms with Gasteiger partial charge in [0.1, 0.15) is 11.6 Å². The molecule has 0 bridgehead atoms. The van der Waals surface area contributed by atoms with E-state index in [1.807, 2.05) is 19.1 Å². The smallest absolute Gasteiger partial charge is 0.128 e. The first kappa shape index (κ1) is 16.6. The van der Waals surface area contributed by atoms with E-state index in [1.165, 1.54) is 6.07 Å². The zero-order valence-corrected chi connectivity index (χ0v) is 14.4. The molecule has 0 fully saturated rings. The molecule has 5 heteroatoms. The third kappa shape index (κ3) is 4.14. The lowest BCUT2D eigenvalue weighted by Crippen LogP contribution is -2.24. The summed E-state index contributed by atoms with van der Waals surface area (Å²) in [4.78, 5) is 0. The summed E-state index contributed by atoms with van der Waals surface area (Å²) in [6, 6.07) is 8.63. The lowest BCUT2D eigenvalue weighted by Gasteiger charge is -2.21. The summed E-state index contributed by atoms with van der Waals surface area (Å²) in [6.07, 6.45) is 0.894. The molecule has 0 spiro atoms. The highest BCUT2D eigenvalue weighted by molar-refractivity contribution is 14.1. The van der Waals surface area contributed by atoms with Crippen LogP contribution in [0.25, 0.3) is 0 Å². The highest BCUT2D eigenvalue weighted by atomic mass is 127. The van der Waals surface area contributed by atoms with Crippen molar-refractivity contribution in [2.75, 3.05) is 6.54 Å². The predicted octanol–water partition coefficient (Wildman–Crippen LogP) is 5.31. The van der Waals surface area contributed by atoms with Crippen LogP contribution in [0.2, 0.25) is 5.02 Å². The maximum Gasteiger partial charge on any atom is 0.128 e. The minimum absolute atomic E-state index is 0.292. The zero-order valence-electron chi connectivity index (χ0n) is 11.5. The molecule has 0 aliphatic carbocycles. The molecule has 0 saturated heterocycles. The van der Waals surface area contributed by atoms with Gasteiger partial charge in [-0.1, -0.05) is 24.6 Å². The number of hydrogen-bond acceptors (Lipinski definition) is 1. The van der Waals surface area contributed by atoms with E-state index in [-0.39, 0.29) is 0 Å². The number of hydrogen-bond donors (Lipinski definition) is 1. The van der Waals surface area contributed by atoms with Crippen LogP contribution in [-0.4, -0.2) is 6.54 Å². The van der Waals surface area contributed by atoms with Crippen LogP contribution >= 0.6 is 34.2 Å². The van der Waals surface area contributed by atoms with Crippen LogP contribution in [0.4, 0.5) is 8.78 Å². The second-order valence-electron chi connectivity index (χ2n) is 4.73. The number of rotatable bonds is 5. The van der Waals surface area contributed by atoms with Crippen LogP contribution < -0.4 is 5.32 Å². The Morgan fingerprint density at radius 1 is 1.19 bits per heavy atom. The van der Waals surface area contributed by atoms with Crippen molar-refractivity contribution in [3.05, 3.63) is 67.8 Å². The molecule has 0 aliphatic rings. The van der Waals surface area contributed by atoms with Crippen LogP contribution in [-0.2, 0) is 0 Å². The summed E-state index contributed by atoms with van der Waals surface area (Å²) in [6.45, 7) is 2.72. The van der Waals surface area contributed by atoms with Gasteiger partial charge < -0.3 is 5.32 Å². The van der Waals surface area contributed by atoms with E-state index in [9.17, 15) is 8.78 Å². The van der Waals surface area contributed by atoms with Gasteiger partial charge in [0.25, 0.3) is 0 Å². The normalized spacial score (nSPS) is 12.4. The number of benzene rings is 2. The summed E-state index contributed by atoms with van der Waals surface area (Å²) < 4.78 is 28.5. The van der Waals surface area contributed by atoms with E-state index in [0.717, 1.165) is 27.7 Å². The van der Waals surface area contributed by atoms with Gasteiger partial charge in [-0.3, -0.25) is 0 Å². The van der Waals surface area contributed by atoms with Crippen LogP contribution in [0.3, 0.4) is 0 Å². The van der Waals surface area contributed by atoms with Crippen molar-refractivity contribution in [3.8, 4) is 0 Å². The average molecular weight is 422 g/mol. The molecule has 0 heterocycles. The number of halogens is 4. The Labute approximate surface area is 141 Å². The van der Waals surface area contributed by atoms with Crippen molar-refractivity contribution < 1.29 is 8.78 Å². The fraction of sp³-hybridized carbons (Fsp3) is 0.250. The Kier molecular flexibility index (Phi) is 5.96. The van der Waals surface area contributed by atoms with Crippen molar-refractivity contribution in [2.24, 2.45) is 0 Å². The molecule has 2 aromatic rings. The van der Waals surface area contributed by atoms with Gasteiger partial charge >= 0.3 is 0 Å². The minimum Gasteiger partial charge on any atom is -0.306 e. The average Bonchev–Trinajstić information content (AvgIpc) is 2.46. The van der Waals surface area contributed by atoms with E-state index >= 15 is 0 Å². The highest BCUT2D eigenvalue weighted by Crippen LogP contribution is 2.29. The fourth-order valence-electron chi connectivity index (χ4n) is 2.12. The van der Waals surface area contributed by atoms with Crippen molar-refractivity contribution in [2.45, 2.75) is 19.4 Å². The van der Waals surface area contributed by atoms with Crippen molar-refractivity contribution >= 4 is 34.2 Å². The molecule has 1 atom stereocenters. The third-order valence-electron chi connectivity index (χ3n) is 3.14. The van der Waals surface area contributed by atoms with Crippen molar-refractivity contribution in [3.63, 3.8) is 0 Å². The summed E-state index contributed by atoms with van der Waals surface area (Å²) in [5.41, 5.74) is 1.11. The van der Waals surface area contributed by atoms with Crippen LogP contribution in [0.1, 0.15) is 30.5 Å². The third-order valence-corrected chi connectivity index (χ3v) is 4.72. The Morgan fingerprint density at radius 3 is 2.62 bits per heavy atom. The maximum absolute atomic E-state index is 14.1. The molecule has 2 aromatic carbocycles. The Balaban J connectivity index is 2.46.